The summed E-state index contributed by atoms with van der Waals surface area (Å²) in [5.41, 5.74) is 10.2. The fourth-order valence-corrected chi connectivity index (χ4v) is 6.92. The van der Waals surface area contributed by atoms with Gasteiger partial charge < -0.3 is 30.4 Å². The van der Waals surface area contributed by atoms with E-state index in [1.807, 2.05) is 41.5 Å². The lowest BCUT2D eigenvalue weighted by atomic mass is 10.0. The van der Waals surface area contributed by atoms with Gasteiger partial charge in [0, 0.05) is 48.3 Å². The maximum Gasteiger partial charge on any atom is 0.573 e. The number of hydrogen-bond donors (Lipinski definition) is 4. The summed E-state index contributed by atoms with van der Waals surface area (Å²) in [6.07, 6.45) is -0.766. The molecule has 0 bridgehead atoms. The minimum absolute atomic E-state index is 0.0134. The minimum Gasteiger partial charge on any atom is -0.445 e. The number of rotatable bonds is 10. The Kier molecular flexibility index (Phi) is 11.2. The Labute approximate surface area is 328 Å². The molecule has 288 valence electrons. The molecule has 3 heterocycles. The monoisotopic (exact) mass is 806 g/mol. The third-order valence-electron chi connectivity index (χ3n) is 9.23. The van der Waals surface area contributed by atoms with Gasteiger partial charge in [0.05, 0.1) is 38.6 Å². The number of piperidine rings is 1. The van der Waals surface area contributed by atoms with Crippen molar-refractivity contribution in [3.05, 3.63) is 136 Å². The lowest BCUT2D eigenvalue weighted by Gasteiger charge is -2.35. The first-order chi connectivity index (χ1) is 26.9. The molecule has 1 aromatic heterocycles. The average molecular weight is 808 g/mol. The molecule has 1 amide bonds. The van der Waals surface area contributed by atoms with E-state index in [-0.39, 0.29) is 40.1 Å². The highest BCUT2D eigenvalue weighted by molar-refractivity contribution is 6.36. The van der Waals surface area contributed by atoms with Crippen LogP contribution in [0.2, 0.25) is 10.0 Å². The number of alkyl halides is 3. The van der Waals surface area contributed by atoms with Crippen molar-refractivity contribution in [2.24, 2.45) is 0 Å². The standard InChI is InChI=1S/C39H32Cl2F4N8O3/c40-31-17-26(8-11-33(31)42)48-35-25(19-46)20-47-37-30(35)16-27(18-32(37)41)49-36(24-6-9-29(10-7-24)56-39(43,44)45)34-21-53(51-50-34)28-12-14-52(15-13-28)38(54)55-22-23-4-2-1-3-5-23/h1-11,16-18,20-21,28,36,49-51H,12-15,22H2,(H,47,48). The van der Waals surface area contributed by atoms with E-state index in [4.69, 9.17) is 27.9 Å². The number of nitrogens with zero attached hydrogens (tertiary/aromatic N) is 4. The van der Waals surface area contributed by atoms with E-state index >= 15 is 0 Å². The SMILES string of the molecule is N#Cc1cnc2c(Cl)cc(NC(C3=CN(C4CCN(C(=O)OCc5ccccc5)CC4)NN3)c3ccc(OC(F)(F)F)cc3)cc2c1Nc1ccc(F)c(Cl)c1. The molecule has 2 aliphatic rings. The van der Waals surface area contributed by atoms with Crippen molar-refractivity contribution < 1.29 is 31.8 Å². The summed E-state index contributed by atoms with van der Waals surface area (Å²) in [6.45, 7) is 1.12. The number of hydrogen-bond acceptors (Lipinski definition) is 10. The van der Waals surface area contributed by atoms with E-state index in [9.17, 15) is 27.6 Å². The summed E-state index contributed by atoms with van der Waals surface area (Å²) in [5, 5.41) is 19.0. The zero-order valence-corrected chi connectivity index (χ0v) is 30.7. The summed E-state index contributed by atoms with van der Waals surface area (Å²) in [4.78, 5) is 18.8. The van der Waals surface area contributed by atoms with Crippen LogP contribution in [0.5, 0.6) is 5.75 Å². The molecule has 0 spiro atoms. The van der Waals surface area contributed by atoms with Gasteiger partial charge >= 0.3 is 12.5 Å². The smallest absolute Gasteiger partial charge is 0.445 e. The highest BCUT2D eigenvalue weighted by Gasteiger charge is 2.33. The van der Waals surface area contributed by atoms with Crippen LogP contribution >= 0.6 is 23.2 Å². The van der Waals surface area contributed by atoms with Gasteiger partial charge in [-0.05, 0) is 66.4 Å². The summed E-state index contributed by atoms with van der Waals surface area (Å²) >= 11 is 12.8. The number of nitriles is 1. The summed E-state index contributed by atoms with van der Waals surface area (Å²) < 4.78 is 62.5. The van der Waals surface area contributed by atoms with Crippen LogP contribution in [0.25, 0.3) is 10.9 Å². The fraction of sp³-hybridized carbons (Fsp3) is 0.205. The number of anilines is 3. The Hall–Kier alpha value is -5.95. The maximum absolute atomic E-state index is 13.9. The highest BCUT2D eigenvalue weighted by Crippen LogP contribution is 2.38. The van der Waals surface area contributed by atoms with Crippen LogP contribution < -0.4 is 26.3 Å². The van der Waals surface area contributed by atoms with Crippen LogP contribution in [-0.4, -0.2) is 46.5 Å². The summed E-state index contributed by atoms with van der Waals surface area (Å²) in [6, 6.07) is 23.7. The van der Waals surface area contributed by atoms with E-state index in [2.05, 4.69) is 37.4 Å². The number of halogens is 6. The van der Waals surface area contributed by atoms with Gasteiger partial charge in [0.1, 0.15) is 24.2 Å². The Balaban J connectivity index is 1.14. The van der Waals surface area contributed by atoms with E-state index < -0.39 is 18.2 Å². The number of amides is 1. The van der Waals surface area contributed by atoms with Gasteiger partial charge in [-0.1, -0.05) is 65.7 Å². The van der Waals surface area contributed by atoms with Crippen molar-refractivity contribution in [3.8, 4) is 11.8 Å². The zero-order valence-electron chi connectivity index (χ0n) is 29.2. The van der Waals surface area contributed by atoms with Crippen LogP contribution in [0, 0.1) is 17.1 Å². The van der Waals surface area contributed by atoms with Crippen molar-refractivity contribution >= 4 is 57.3 Å². The largest absolute Gasteiger partial charge is 0.573 e. The van der Waals surface area contributed by atoms with Crippen molar-refractivity contribution in [1.29, 1.82) is 5.26 Å². The molecule has 2 aliphatic heterocycles. The number of aromatic nitrogens is 1. The number of likely N-dealkylation sites (tertiary alicyclic amines) is 1. The van der Waals surface area contributed by atoms with Crippen LogP contribution in [0.15, 0.2) is 103 Å². The van der Waals surface area contributed by atoms with Crippen molar-refractivity contribution in [3.63, 3.8) is 0 Å². The first-order valence-corrected chi connectivity index (χ1v) is 18.0. The lowest BCUT2D eigenvalue weighted by Crippen LogP contribution is -2.49. The van der Waals surface area contributed by atoms with Crippen LogP contribution in [-0.2, 0) is 11.3 Å². The molecular weight excluding hydrogens is 775 g/mol. The normalized spacial score (nSPS) is 15.1. The quantitative estimate of drug-likeness (QED) is 0.102. The second-order valence-corrected chi connectivity index (χ2v) is 13.8. The number of pyridine rings is 1. The first kappa shape index (κ1) is 38.3. The Bertz CT molecular complexity index is 2300. The maximum atomic E-state index is 13.9. The minimum atomic E-state index is -4.86. The fourth-order valence-electron chi connectivity index (χ4n) is 6.47. The predicted molar refractivity (Wildman–Crippen MR) is 203 cm³/mol. The van der Waals surface area contributed by atoms with Gasteiger partial charge in [0.2, 0.25) is 0 Å². The van der Waals surface area contributed by atoms with Crippen molar-refractivity contribution in [2.45, 2.75) is 37.9 Å². The van der Waals surface area contributed by atoms with Gasteiger partial charge in [-0.2, -0.15) is 5.26 Å². The third kappa shape index (κ3) is 8.94. The zero-order chi connectivity index (χ0) is 39.4. The van der Waals surface area contributed by atoms with Crippen molar-refractivity contribution in [2.75, 3.05) is 23.7 Å². The second kappa shape index (κ2) is 16.4. The molecular formula is C39H32Cl2F4N8O3. The van der Waals surface area contributed by atoms with E-state index in [0.717, 1.165) is 5.56 Å². The molecule has 1 saturated heterocycles. The van der Waals surface area contributed by atoms with Gasteiger partial charge in [0.15, 0.2) is 0 Å². The lowest BCUT2D eigenvalue weighted by molar-refractivity contribution is -0.274. The molecule has 0 radical (unpaired) electrons. The van der Waals surface area contributed by atoms with E-state index in [1.54, 1.807) is 17.0 Å². The highest BCUT2D eigenvalue weighted by atomic mass is 35.5. The van der Waals surface area contributed by atoms with Crippen molar-refractivity contribution in [1.82, 2.24) is 25.9 Å². The molecule has 56 heavy (non-hydrogen) atoms. The van der Waals surface area contributed by atoms with Crippen LogP contribution in [0.3, 0.4) is 0 Å². The molecule has 0 aliphatic carbocycles. The Morgan fingerprint density at radius 3 is 2.43 bits per heavy atom. The first-order valence-electron chi connectivity index (χ1n) is 17.3. The molecule has 1 fully saturated rings. The summed E-state index contributed by atoms with van der Waals surface area (Å²) in [7, 11) is 0. The number of fused-ring (bicyclic) bond motifs is 1. The summed E-state index contributed by atoms with van der Waals surface area (Å²) in [5.74, 6) is -0.994. The molecule has 4 aromatic carbocycles. The third-order valence-corrected chi connectivity index (χ3v) is 9.81. The number of ether oxygens (including phenoxy) is 2. The molecule has 0 saturated carbocycles. The molecule has 7 rings (SSSR count). The second-order valence-electron chi connectivity index (χ2n) is 12.9. The van der Waals surface area contributed by atoms with Gasteiger partial charge in [0.25, 0.3) is 0 Å². The number of carbonyl (C=O) groups is 1. The van der Waals surface area contributed by atoms with E-state index in [0.29, 0.717) is 65.2 Å². The molecule has 1 unspecified atom stereocenters. The van der Waals surface area contributed by atoms with Gasteiger partial charge in [-0.25, -0.2) is 9.18 Å². The number of benzene rings is 4. The Morgan fingerprint density at radius 2 is 1.73 bits per heavy atom. The number of nitrogens with one attached hydrogen (secondary N) is 4. The molecule has 1 atom stereocenters. The van der Waals surface area contributed by atoms with E-state index in [1.165, 1.54) is 48.7 Å². The predicted octanol–water partition coefficient (Wildman–Crippen LogP) is 9.32. The van der Waals surface area contributed by atoms with Crippen LogP contribution in [0.1, 0.15) is 35.6 Å². The molecule has 17 heteroatoms. The number of hydrazine groups is 2. The molecule has 4 N–H and O–H groups in total. The average Bonchev–Trinajstić information content (AvgIpc) is 3.68. The topological polar surface area (TPSA) is 127 Å². The molecule has 11 nitrogen and oxygen atoms in total. The Morgan fingerprint density at radius 1 is 1.00 bits per heavy atom. The number of carbonyl (C=O) groups excluding carboxylic acids is 1. The van der Waals surface area contributed by atoms with Crippen LogP contribution in [0.4, 0.5) is 39.4 Å². The molecule has 5 aromatic rings. The van der Waals surface area contributed by atoms with Gasteiger partial charge in [-0.3, -0.25) is 9.99 Å². The van der Waals surface area contributed by atoms with Gasteiger partial charge in [-0.15, -0.1) is 18.7 Å².